The Kier molecular flexibility index (Phi) is 3.85. The maximum atomic E-state index is 6.03. The number of hydrogen-bond acceptors (Lipinski definition) is 3. The summed E-state index contributed by atoms with van der Waals surface area (Å²) in [5, 5.41) is 0. The first kappa shape index (κ1) is 13.3. The first-order valence-corrected chi connectivity index (χ1v) is 7.34. The number of aryl methyl sites for hydroxylation is 1. The number of nitrogens with two attached hydrogens (primary N) is 1. The molecule has 0 bridgehead atoms. The molecule has 3 rings (SSSR count). The van der Waals surface area contributed by atoms with Crippen LogP contribution in [0.15, 0.2) is 36.7 Å². The number of rotatable bonds is 4. The van der Waals surface area contributed by atoms with Gasteiger partial charge >= 0.3 is 0 Å². The number of benzene rings is 1. The van der Waals surface area contributed by atoms with Crippen molar-refractivity contribution >= 4 is 0 Å². The van der Waals surface area contributed by atoms with Gasteiger partial charge in [-0.3, -0.25) is 4.90 Å². The van der Waals surface area contributed by atoms with Crippen LogP contribution in [0.1, 0.15) is 29.9 Å². The number of aromatic nitrogens is 2. The Balaban J connectivity index is 1.79. The molecular weight excluding hydrogens is 248 g/mol. The molecule has 4 heteroatoms. The van der Waals surface area contributed by atoms with Gasteiger partial charge in [0.1, 0.15) is 5.82 Å². The van der Waals surface area contributed by atoms with Gasteiger partial charge < -0.3 is 10.3 Å². The van der Waals surface area contributed by atoms with Gasteiger partial charge in [-0.2, -0.15) is 0 Å². The van der Waals surface area contributed by atoms with Crippen molar-refractivity contribution in [3.8, 4) is 0 Å². The van der Waals surface area contributed by atoms with Crippen LogP contribution in [-0.4, -0.2) is 27.5 Å². The Hall–Kier alpha value is -1.65. The van der Waals surface area contributed by atoms with E-state index in [1.807, 2.05) is 6.20 Å². The third kappa shape index (κ3) is 2.49. The molecule has 2 aromatic rings. The van der Waals surface area contributed by atoms with Gasteiger partial charge in [-0.05, 0) is 17.5 Å². The molecule has 20 heavy (non-hydrogen) atoms. The highest BCUT2D eigenvalue weighted by atomic mass is 15.3. The van der Waals surface area contributed by atoms with E-state index in [-0.39, 0.29) is 6.04 Å². The molecule has 106 valence electrons. The fraction of sp³-hybridized carbons (Fsp3) is 0.438. The molecule has 0 amide bonds. The van der Waals surface area contributed by atoms with Crippen LogP contribution in [0.5, 0.6) is 0 Å². The van der Waals surface area contributed by atoms with E-state index in [1.165, 1.54) is 11.1 Å². The first-order chi connectivity index (χ1) is 9.81. The van der Waals surface area contributed by atoms with Crippen LogP contribution in [0.2, 0.25) is 0 Å². The van der Waals surface area contributed by atoms with Crippen LogP contribution in [0.4, 0.5) is 0 Å². The van der Waals surface area contributed by atoms with Gasteiger partial charge in [-0.15, -0.1) is 0 Å². The predicted molar refractivity (Wildman–Crippen MR) is 80.3 cm³/mol. The van der Waals surface area contributed by atoms with Crippen molar-refractivity contribution in [2.75, 3.05) is 13.1 Å². The van der Waals surface area contributed by atoms with Crippen LogP contribution < -0.4 is 5.73 Å². The molecule has 4 nitrogen and oxygen atoms in total. The van der Waals surface area contributed by atoms with Crippen molar-refractivity contribution in [3.63, 3.8) is 0 Å². The van der Waals surface area contributed by atoms with Crippen molar-refractivity contribution in [1.82, 2.24) is 14.5 Å². The molecule has 0 fully saturated rings. The predicted octanol–water partition coefficient (Wildman–Crippen LogP) is 1.96. The maximum absolute atomic E-state index is 6.03. The van der Waals surface area contributed by atoms with Gasteiger partial charge in [0.2, 0.25) is 0 Å². The highest BCUT2D eigenvalue weighted by Gasteiger charge is 2.24. The van der Waals surface area contributed by atoms with E-state index in [4.69, 9.17) is 5.73 Å². The Bertz CT molecular complexity index is 558. The van der Waals surface area contributed by atoms with E-state index in [0.717, 1.165) is 31.9 Å². The average Bonchev–Trinajstić information content (AvgIpc) is 2.96. The quantitative estimate of drug-likeness (QED) is 0.924. The van der Waals surface area contributed by atoms with Gasteiger partial charge in [0.25, 0.3) is 0 Å². The lowest BCUT2D eigenvalue weighted by atomic mass is 10.0. The lowest BCUT2D eigenvalue weighted by molar-refractivity contribution is 0.156. The lowest BCUT2D eigenvalue weighted by Gasteiger charge is -2.34. The van der Waals surface area contributed by atoms with E-state index in [9.17, 15) is 0 Å². The number of imidazole rings is 1. The van der Waals surface area contributed by atoms with Crippen LogP contribution in [0.3, 0.4) is 0 Å². The highest BCUT2D eigenvalue weighted by molar-refractivity contribution is 5.25. The molecular formula is C16H22N4. The molecule has 1 aromatic heterocycles. The van der Waals surface area contributed by atoms with Crippen molar-refractivity contribution in [2.24, 2.45) is 5.73 Å². The molecule has 1 unspecified atom stereocenters. The molecule has 1 aromatic carbocycles. The molecule has 1 atom stereocenters. The summed E-state index contributed by atoms with van der Waals surface area (Å²) in [6, 6.07) is 9.15. The summed E-state index contributed by atoms with van der Waals surface area (Å²) in [7, 11) is 0. The fourth-order valence-corrected chi connectivity index (χ4v) is 2.93. The normalized spacial score (nSPS) is 16.9. The third-order valence-corrected chi connectivity index (χ3v) is 4.21. The molecule has 2 N–H and O–H groups in total. The Morgan fingerprint density at radius 3 is 2.75 bits per heavy atom. The second-order valence-electron chi connectivity index (χ2n) is 5.35. The van der Waals surface area contributed by atoms with Crippen molar-refractivity contribution in [3.05, 3.63) is 53.6 Å². The summed E-state index contributed by atoms with van der Waals surface area (Å²) in [6.45, 7) is 5.73. The molecule has 0 spiro atoms. The van der Waals surface area contributed by atoms with Crippen molar-refractivity contribution in [2.45, 2.75) is 32.5 Å². The topological polar surface area (TPSA) is 47.1 Å². The second-order valence-corrected chi connectivity index (χ2v) is 5.35. The van der Waals surface area contributed by atoms with Gasteiger partial charge in [-0.1, -0.05) is 31.2 Å². The third-order valence-electron chi connectivity index (χ3n) is 4.21. The molecule has 2 heterocycles. The minimum atomic E-state index is 0.284. The molecule has 1 aliphatic heterocycles. The molecule has 0 radical (unpaired) electrons. The molecule has 1 aliphatic rings. The van der Waals surface area contributed by atoms with Crippen LogP contribution in [0, 0.1) is 0 Å². The SMILES string of the molecule is CCc1ccc(C(CN)N2CCn3ccnc3C2)cc1. The zero-order valence-electron chi connectivity index (χ0n) is 12.0. The molecule has 0 saturated heterocycles. The smallest absolute Gasteiger partial charge is 0.122 e. The lowest BCUT2D eigenvalue weighted by Crippen LogP contribution is -2.39. The van der Waals surface area contributed by atoms with E-state index in [2.05, 4.69) is 51.8 Å². The number of hydrogen-bond donors (Lipinski definition) is 1. The summed E-state index contributed by atoms with van der Waals surface area (Å²) in [6.07, 6.45) is 5.02. The Morgan fingerprint density at radius 1 is 1.25 bits per heavy atom. The maximum Gasteiger partial charge on any atom is 0.122 e. The van der Waals surface area contributed by atoms with Gasteiger partial charge in [0, 0.05) is 38.1 Å². The zero-order chi connectivity index (χ0) is 13.9. The largest absolute Gasteiger partial charge is 0.333 e. The van der Waals surface area contributed by atoms with E-state index in [1.54, 1.807) is 0 Å². The van der Waals surface area contributed by atoms with Crippen LogP contribution >= 0.6 is 0 Å². The fourth-order valence-electron chi connectivity index (χ4n) is 2.93. The zero-order valence-corrected chi connectivity index (χ0v) is 12.0. The van der Waals surface area contributed by atoms with Gasteiger partial charge in [-0.25, -0.2) is 4.98 Å². The van der Waals surface area contributed by atoms with Crippen molar-refractivity contribution in [1.29, 1.82) is 0 Å². The summed E-state index contributed by atoms with van der Waals surface area (Å²) in [5.41, 5.74) is 8.72. The van der Waals surface area contributed by atoms with E-state index >= 15 is 0 Å². The van der Waals surface area contributed by atoms with Crippen molar-refractivity contribution < 1.29 is 0 Å². The van der Waals surface area contributed by atoms with Gasteiger partial charge in [0.15, 0.2) is 0 Å². The highest BCUT2D eigenvalue weighted by Crippen LogP contribution is 2.24. The van der Waals surface area contributed by atoms with E-state index < -0.39 is 0 Å². The first-order valence-electron chi connectivity index (χ1n) is 7.34. The second kappa shape index (κ2) is 5.77. The Labute approximate surface area is 120 Å². The summed E-state index contributed by atoms with van der Waals surface area (Å²) in [5.74, 6) is 1.14. The van der Waals surface area contributed by atoms with Gasteiger partial charge in [0.05, 0.1) is 6.54 Å². The summed E-state index contributed by atoms with van der Waals surface area (Å²) < 4.78 is 2.23. The average molecular weight is 270 g/mol. The number of nitrogens with zero attached hydrogens (tertiary/aromatic N) is 3. The molecule has 0 saturated carbocycles. The monoisotopic (exact) mass is 270 g/mol. The minimum absolute atomic E-state index is 0.284. The van der Waals surface area contributed by atoms with Crippen LogP contribution in [-0.2, 0) is 19.5 Å². The Morgan fingerprint density at radius 2 is 2.05 bits per heavy atom. The molecule has 0 aliphatic carbocycles. The standard InChI is InChI=1S/C16H22N4/c1-2-13-3-5-14(6-4-13)15(11-17)20-10-9-19-8-7-18-16(19)12-20/h3-8,15H,2,9-12,17H2,1H3. The summed E-state index contributed by atoms with van der Waals surface area (Å²) >= 11 is 0. The number of fused-ring (bicyclic) bond motifs is 1. The minimum Gasteiger partial charge on any atom is -0.333 e. The summed E-state index contributed by atoms with van der Waals surface area (Å²) in [4.78, 5) is 6.86. The van der Waals surface area contributed by atoms with E-state index in [0.29, 0.717) is 6.54 Å². The van der Waals surface area contributed by atoms with Crippen LogP contribution in [0.25, 0.3) is 0 Å².